The van der Waals surface area contributed by atoms with Gasteiger partial charge in [0.2, 0.25) is 0 Å². The molecular weight excluding hydrogens is 221 g/mol. The summed E-state index contributed by atoms with van der Waals surface area (Å²) in [5, 5.41) is 3.02. The summed E-state index contributed by atoms with van der Waals surface area (Å²) >= 11 is 3.33. The zero-order chi connectivity index (χ0) is 8.55. The lowest BCUT2D eigenvalue weighted by atomic mass is 10.0. The van der Waals surface area contributed by atoms with Crippen molar-refractivity contribution >= 4 is 15.9 Å². The maximum atomic E-state index is 13.3. The number of nitrogens with one attached hydrogen (secondary N) is 1. The van der Waals surface area contributed by atoms with E-state index in [9.17, 15) is 4.39 Å². The summed E-state index contributed by atoms with van der Waals surface area (Å²) in [5.74, 6) is 0. The van der Waals surface area contributed by atoms with Crippen LogP contribution in [0.25, 0.3) is 0 Å². The van der Waals surface area contributed by atoms with Gasteiger partial charge in [-0.2, -0.15) is 0 Å². The summed E-state index contributed by atoms with van der Waals surface area (Å²) in [6.07, 6.45) is -0.855. The number of halogens is 2. The number of benzene rings is 1. The van der Waals surface area contributed by atoms with Crippen molar-refractivity contribution in [3.8, 4) is 0 Å². The van der Waals surface area contributed by atoms with Crippen LogP contribution >= 0.6 is 15.9 Å². The summed E-state index contributed by atoms with van der Waals surface area (Å²) < 4.78 is 14.2. The molecule has 1 N–H and O–H groups in total. The molecular formula is C9H9BrFN. The van der Waals surface area contributed by atoms with Crippen LogP contribution in [-0.2, 0) is 6.54 Å². The smallest absolute Gasteiger partial charge is 0.138 e. The van der Waals surface area contributed by atoms with Gasteiger partial charge in [0.15, 0.2) is 0 Å². The van der Waals surface area contributed by atoms with Crippen LogP contribution in [0.3, 0.4) is 0 Å². The van der Waals surface area contributed by atoms with Gasteiger partial charge in [-0.1, -0.05) is 22.0 Å². The predicted octanol–water partition coefficient (Wildman–Crippen LogP) is 2.56. The molecule has 1 aliphatic rings. The van der Waals surface area contributed by atoms with E-state index in [1.54, 1.807) is 0 Å². The summed E-state index contributed by atoms with van der Waals surface area (Å²) in [4.78, 5) is 0. The molecule has 1 atom stereocenters. The maximum absolute atomic E-state index is 13.3. The van der Waals surface area contributed by atoms with Gasteiger partial charge < -0.3 is 5.32 Å². The first-order valence-electron chi connectivity index (χ1n) is 3.90. The van der Waals surface area contributed by atoms with E-state index in [1.165, 1.54) is 0 Å². The molecule has 1 aromatic rings. The van der Waals surface area contributed by atoms with Gasteiger partial charge >= 0.3 is 0 Å². The van der Waals surface area contributed by atoms with Crippen molar-refractivity contribution in [2.45, 2.75) is 12.7 Å². The fourth-order valence-electron chi connectivity index (χ4n) is 1.46. The highest BCUT2D eigenvalue weighted by molar-refractivity contribution is 9.10. The lowest BCUT2D eigenvalue weighted by Gasteiger charge is -2.20. The second kappa shape index (κ2) is 3.15. The van der Waals surface area contributed by atoms with Gasteiger partial charge in [0, 0.05) is 17.6 Å². The Labute approximate surface area is 79.1 Å². The zero-order valence-corrected chi connectivity index (χ0v) is 8.07. The van der Waals surface area contributed by atoms with Gasteiger partial charge in [0.05, 0.1) is 0 Å². The van der Waals surface area contributed by atoms with Gasteiger partial charge in [-0.3, -0.25) is 0 Å². The molecule has 0 bridgehead atoms. The Balaban J connectivity index is 2.47. The van der Waals surface area contributed by atoms with Crippen LogP contribution in [0.5, 0.6) is 0 Å². The van der Waals surface area contributed by atoms with Crippen molar-refractivity contribution < 1.29 is 4.39 Å². The van der Waals surface area contributed by atoms with Gasteiger partial charge in [-0.05, 0) is 23.3 Å². The molecule has 3 heteroatoms. The highest BCUT2D eigenvalue weighted by atomic mass is 79.9. The van der Waals surface area contributed by atoms with Gasteiger partial charge in [-0.15, -0.1) is 0 Å². The first-order chi connectivity index (χ1) is 5.77. The minimum Gasteiger partial charge on any atom is -0.309 e. The Hall–Kier alpha value is -0.410. The van der Waals surface area contributed by atoms with E-state index >= 15 is 0 Å². The number of rotatable bonds is 0. The fourth-order valence-corrected chi connectivity index (χ4v) is 1.84. The van der Waals surface area contributed by atoms with Crippen molar-refractivity contribution in [2.24, 2.45) is 0 Å². The fraction of sp³-hybridized carbons (Fsp3) is 0.333. The second-order valence-electron chi connectivity index (χ2n) is 2.94. The molecule has 0 aliphatic carbocycles. The lowest BCUT2D eigenvalue weighted by Crippen LogP contribution is -2.25. The molecule has 1 aromatic carbocycles. The molecule has 1 unspecified atom stereocenters. The topological polar surface area (TPSA) is 12.0 Å². The van der Waals surface area contributed by atoms with Crippen molar-refractivity contribution in [3.05, 3.63) is 33.8 Å². The number of hydrogen-bond donors (Lipinski definition) is 1. The molecule has 12 heavy (non-hydrogen) atoms. The highest BCUT2D eigenvalue weighted by Crippen LogP contribution is 2.27. The van der Waals surface area contributed by atoms with Crippen LogP contribution in [0, 0.1) is 0 Å². The summed E-state index contributed by atoms with van der Waals surface area (Å²) in [6.45, 7) is 1.21. The average Bonchev–Trinajstić information content (AvgIpc) is 2.07. The van der Waals surface area contributed by atoms with E-state index < -0.39 is 6.17 Å². The van der Waals surface area contributed by atoms with Crippen molar-refractivity contribution in [1.29, 1.82) is 0 Å². The van der Waals surface area contributed by atoms with Crippen LogP contribution in [0.1, 0.15) is 17.3 Å². The summed E-state index contributed by atoms with van der Waals surface area (Å²) in [7, 11) is 0. The van der Waals surface area contributed by atoms with Crippen molar-refractivity contribution in [3.63, 3.8) is 0 Å². The molecule has 2 rings (SSSR count). The van der Waals surface area contributed by atoms with E-state index in [4.69, 9.17) is 0 Å². The highest BCUT2D eigenvalue weighted by Gasteiger charge is 2.18. The van der Waals surface area contributed by atoms with Crippen LogP contribution in [0.4, 0.5) is 4.39 Å². The molecule has 0 radical (unpaired) electrons. The molecule has 0 spiro atoms. The van der Waals surface area contributed by atoms with Crippen LogP contribution in [-0.4, -0.2) is 6.54 Å². The molecule has 1 heterocycles. The third-order valence-corrected chi connectivity index (χ3v) is 2.58. The molecule has 0 saturated carbocycles. The lowest BCUT2D eigenvalue weighted by molar-refractivity contribution is 0.310. The monoisotopic (exact) mass is 229 g/mol. The zero-order valence-electron chi connectivity index (χ0n) is 6.48. The Morgan fingerprint density at radius 3 is 3.17 bits per heavy atom. The molecule has 0 fully saturated rings. The molecule has 0 amide bonds. The van der Waals surface area contributed by atoms with Crippen molar-refractivity contribution in [2.75, 3.05) is 6.54 Å². The first kappa shape index (κ1) is 8.20. The molecule has 0 aromatic heterocycles. The maximum Gasteiger partial charge on any atom is 0.138 e. The normalized spacial score (nSPS) is 22.0. The SMILES string of the molecule is FC1CNCc2ccc(Br)cc21. The van der Waals surface area contributed by atoms with E-state index in [1.807, 2.05) is 18.2 Å². The largest absolute Gasteiger partial charge is 0.309 e. The second-order valence-corrected chi connectivity index (χ2v) is 3.86. The Kier molecular flexibility index (Phi) is 2.15. The number of fused-ring (bicyclic) bond motifs is 1. The quantitative estimate of drug-likeness (QED) is 0.722. The van der Waals surface area contributed by atoms with Crippen LogP contribution in [0.15, 0.2) is 22.7 Å². The van der Waals surface area contributed by atoms with Crippen LogP contribution in [0.2, 0.25) is 0 Å². The minimum atomic E-state index is -0.855. The van der Waals surface area contributed by atoms with Gasteiger partial charge in [0.25, 0.3) is 0 Å². The van der Waals surface area contributed by atoms with E-state index in [2.05, 4.69) is 21.2 Å². The standard InChI is InChI=1S/C9H9BrFN/c10-7-2-1-6-4-12-5-9(11)8(6)3-7/h1-3,9,12H,4-5H2. The van der Waals surface area contributed by atoms with E-state index in [-0.39, 0.29) is 0 Å². The molecule has 1 nitrogen and oxygen atoms in total. The average molecular weight is 230 g/mol. The summed E-state index contributed by atoms with van der Waals surface area (Å²) in [5.41, 5.74) is 1.89. The molecule has 64 valence electrons. The summed E-state index contributed by atoms with van der Waals surface area (Å²) in [6, 6.07) is 5.76. The molecule has 1 aliphatic heterocycles. The van der Waals surface area contributed by atoms with E-state index in [0.29, 0.717) is 6.54 Å². The van der Waals surface area contributed by atoms with Crippen LogP contribution < -0.4 is 5.32 Å². The van der Waals surface area contributed by atoms with E-state index in [0.717, 1.165) is 22.1 Å². The minimum absolute atomic E-state index is 0.434. The number of alkyl halides is 1. The Morgan fingerprint density at radius 1 is 1.50 bits per heavy atom. The Bertz CT molecular complexity index is 301. The third kappa shape index (κ3) is 1.39. The third-order valence-electron chi connectivity index (χ3n) is 2.08. The number of hydrogen-bond acceptors (Lipinski definition) is 1. The van der Waals surface area contributed by atoms with Crippen molar-refractivity contribution in [1.82, 2.24) is 5.32 Å². The predicted molar refractivity (Wildman–Crippen MR) is 49.7 cm³/mol. The molecule has 0 saturated heterocycles. The first-order valence-corrected chi connectivity index (χ1v) is 4.70. The van der Waals surface area contributed by atoms with Gasteiger partial charge in [-0.25, -0.2) is 4.39 Å². The Morgan fingerprint density at radius 2 is 2.33 bits per heavy atom. The van der Waals surface area contributed by atoms with Gasteiger partial charge in [0.1, 0.15) is 6.17 Å².